The van der Waals surface area contributed by atoms with Gasteiger partial charge in [-0.2, -0.15) is 0 Å². The third-order valence-electron chi connectivity index (χ3n) is 3.82. The van der Waals surface area contributed by atoms with E-state index >= 15 is 0 Å². The highest BCUT2D eigenvalue weighted by Gasteiger charge is 2.14. The monoisotopic (exact) mass is 372 g/mol. The fourth-order valence-corrected chi connectivity index (χ4v) is 2.84. The van der Waals surface area contributed by atoms with Gasteiger partial charge >= 0.3 is 5.97 Å². The summed E-state index contributed by atoms with van der Waals surface area (Å²) in [7, 11) is 0. The zero-order valence-corrected chi connectivity index (χ0v) is 14.0. The van der Waals surface area contributed by atoms with Gasteiger partial charge < -0.3 is 20.5 Å². The topological polar surface area (TPSA) is 119 Å². The normalized spacial score (nSPS) is 10.7. The number of aromatic carboxylic acids is 1. The number of carbonyl (C=O) groups is 2. The molecule has 0 atom stereocenters. The van der Waals surface area contributed by atoms with Crippen LogP contribution in [0.25, 0.3) is 10.9 Å². The van der Waals surface area contributed by atoms with Crippen LogP contribution in [0.1, 0.15) is 26.3 Å². The molecule has 26 heavy (non-hydrogen) atoms. The Morgan fingerprint density at radius 2 is 1.85 bits per heavy atom. The smallest absolute Gasteiger partial charge is 0.341 e. The number of hydrogen-bond acceptors (Lipinski definition) is 4. The number of rotatable bonds is 4. The maximum atomic E-state index is 12.2. The first-order valence-corrected chi connectivity index (χ1v) is 7.89. The van der Waals surface area contributed by atoms with Crippen LogP contribution < -0.4 is 10.9 Å². The van der Waals surface area contributed by atoms with E-state index in [9.17, 15) is 19.5 Å². The molecule has 0 radical (unpaired) electrons. The second-order valence-electron chi connectivity index (χ2n) is 5.55. The first kappa shape index (κ1) is 17.5. The summed E-state index contributed by atoms with van der Waals surface area (Å²) in [6.07, 6.45) is 0. The lowest BCUT2D eigenvalue weighted by molar-refractivity contribution is 0.0695. The van der Waals surface area contributed by atoms with Gasteiger partial charge in [0.1, 0.15) is 11.3 Å². The first-order valence-electron chi connectivity index (χ1n) is 7.52. The number of fused-ring (bicyclic) bond motifs is 1. The molecule has 0 aliphatic heterocycles. The van der Waals surface area contributed by atoms with Gasteiger partial charge in [0.15, 0.2) is 0 Å². The number of aromatic hydroxyl groups is 1. The van der Waals surface area contributed by atoms with Crippen molar-refractivity contribution >= 4 is 34.4 Å². The number of carboxylic acid groups (broad SMARTS) is 1. The van der Waals surface area contributed by atoms with E-state index in [-0.39, 0.29) is 17.9 Å². The SMILES string of the molecule is O=C(NCc1cc(Cl)cc2cc(C(=O)O)c(=O)[nH]c12)c1ccccc1O. The maximum Gasteiger partial charge on any atom is 0.341 e. The van der Waals surface area contributed by atoms with E-state index in [0.717, 1.165) is 0 Å². The molecule has 0 fully saturated rings. The molecule has 0 spiro atoms. The van der Waals surface area contributed by atoms with Crippen molar-refractivity contribution in [1.29, 1.82) is 0 Å². The number of carboxylic acids is 1. The Morgan fingerprint density at radius 3 is 2.54 bits per heavy atom. The van der Waals surface area contributed by atoms with E-state index in [1.807, 2.05) is 0 Å². The summed E-state index contributed by atoms with van der Waals surface area (Å²) in [5.74, 6) is -2.00. The molecule has 1 heterocycles. The minimum atomic E-state index is -1.34. The summed E-state index contributed by atoms with van der Waals surface area (Å²) >= 11 is 6.06. The van der Waals surface area contributed by atoms with Crippen LogP contribution in [0.15, 0.2) is 47.3 Å². The Labute approximate surface area is 151 Å². The molecule has 0 aliphatic rings. The van der Waals surface area contributed by atoms with Gasteiger partial charge in [-0.05, 0) is 35.9 Å². The van der Waals surface area contributed by atoms with E-state index in [0.29, 0.717) is 21.5 Å². The molecule has 7 nitrogen and oxygen atoms in total. The van der Waals surface area contributed by atoms with Gasteiger partial charge in [0, 0.05) is 17.0 Å². The van der Waals surface area contributed by atoms with Crippen molar-refractivity contribution in [3.8, 4) is 5.75 Å². The van der Waals surface area contributed by atoms with Gasteiger partial charge in [-0.25, -0.2) is 4.79 Å². The third-order valence-corrected chi connectivity index (χ3v) is 4.03. The van der Waals surface area contributed by atoms with Crippen molar-refractivity contribution in [1.82, 2.24) is 10.3 Å². The molecule has 4 N–H and O–H groups in total. The second kappa shape index (κ2) is 6.89. The van der Waals surface area contributed by atoms with Crippen molar-refractivity contribution in [2.75, 3.05) is 0 Å². The second-order valence-corrected chi connectivity index (χ2v) is 5.98. The van der Waals surface area contributed by atoms with Crippen molar-refractivity contribution in [3.05, 3.63) is 74.5 Å². The summed E-state index contributed by atoms with van der Waals surface area (Å²) in [5.41, 5.74) is -0.155. The summed E-state index contributed by atoms with van der Waals surface area (Å²) < 4.78 is 0. The average Bonchev–Trinajstić information content (AvgIpc) is 2.59. The van der Waals surface area contributed by atoms with Gasteiger partial charge in [0.2, 0.25) is 0 Å². The minimum Gasteiger partial charge on any atom is -0.507 e. The molecular weight excluding hydrogens is 360 g/mol. The van der Waals surface area contributed by atoms with Crippen LogP contribution in [0.5, 0.6) is 5.75 Å². The van der Waals surface area contributed by atoms with E-state index in [2.05, 4.69) is 10.3 Å². The number of para-hydroxylation sites is 1. The molecule has 132 valence electrons. The summed E-state index contributed by atoms with van der Waals surface area (Å²) in [6, 6.07) is 10.4. The van der Waals surface area contributed by atoms with Crippen LogP contribution >= 0.6 is 11.6 Å². The fraction of sp³-hybridized carbons (Fsp3) is 0.0556. The Hall–Kier alpha value is -3.32. The zero-order valence-electron chi connectivity index (χ0n) is 13.2. The lowest BCUT2D eigenvalue weighted by Crippen LogP contribution is -2.24. The molecule has 0 unspecified atom stereocenters. The quantitative estimate of drug-likeness (QED) is 0.561. The number of carbonyl (C=O) groups excluding carboxylic acids is 1. The van der Waals surface area contributed by atoms with Crippen LogP contribution in [0.4, 0.5) is 0 Å². The van der Waals surface area contributed by atoms with Crippen molar-refractivity contribution in [2.24, 2.45) is 0 Å². The summed E-state index contributed by atoms with van der Waals surface area (Å²) in [4.78, 5) is 37.8. The Balaban J connectivity index is 1.96. The molecule has 3 rings (SSSR count). The zero-order chi connectivity index (χ0) is 18.8. The Kier molecular flexibility index (Phi) is 4.64. The van der Waals surface area contributed by atoms with E-state index in [4.69, 9.17) is 16.7 Å². The number of phenols is 1. The van der Waals surface area contributed by atoms with Gasteiger partial charge in [0.05, 0.1) is 11.1 Å². The number of phenolic OH excluding ortho intramolecular Hbond substituents is 1. The standard InChI is InChI=1S/C18H13ClN2O5/c19-11-5-9-7-13(18(25)26)17(24)21-15(9)10(6-11)8-20-16(23)12-3-1-2-4-14(12)22/h1-7,22H,8H2,(H,20,23)(H,21,24)(H,25,26). The molecule has 1 amide bonds. The molecule has 0 aliphatic carbocycles. The van der Waals surface area contributed by atoms with Gasteiger partial charge in [-0.15, -0.1) is 0 Å². The van der Waals surface area contributed by atoms with E-state index in [1.54, 1.807) is 18.2 Å². The van der Waals surface area contributed by atoms with Gasteiger partial charge in [0.25, 0.3) is 11.5 Å². The first-order chi connectivity index (χ1) is 12.4. The molecule has 3 aromatic rings. The van der Waals surface area contributed by atoms with Crippen LogP contribution in [-0.4, -0.2) is 27.1 Å². The number of pyridine rings is 1. The van der Waals surface area contributed by atoms with Crippen molar-refractivity contribution in [3.63, 3.8) is 0 Å². The predicted molar refractivity (Wildman–Crippen MR) is 95.8 cm³/mol. The number of amides is 1. The number of H-pyrrole nitrogens is 1. The predicted octanol–water partition coefficient (Wildman–Crippen LogP) is 2.52. The molecular formula is C18H13ClN2O5. The number of benzene rings is 2. The van der Waals surface area contributed by atoms with Crippen molar-refractivity contribution in [2.45, 2.75) is 6.54 Å². The number of nitrogens with one attached hydrogen (secondary N) is 2. The van der Waals surface area contributed by atoms with Gasteiger partial charge in [-0.1, -0.05) is 23.7 Å². The number of halogens is 1. The van der Waals surface area contributed by atoms with Crippen LogP contribution in [0.2, 0.25) is 5.02 Å². The van der Waals surface area contributed by atoms with Crippen LogP contribution in [-0.2, 0) is 6.54 Å². The lowest BCUT2D eigenvalue weighted by atomic mass is 10.1. The number of hydrogen-bond donors (Lipinski definition) is 4. The van der Waals surface area contributed by atoms with Crippen molar-refractivity contribution < 1.29 is 19.8 Å². The minimum absolute atomic E-state index is 0.0204. The molecule has 2 aromatic carbocycles. The molecule has 0 saturated carbocycles. The highest BCUT2D eigenvalue weighted by Crippen LogP contribution is 2.23. The largest absolute Gasteiger partial charge is 0.507 e. The third kappa shape index (κ3) is 3.38. The van der Waals surface area contributed by atoms with E-state index in [1.165, 1.54) is 24.3 Å². The highest BCUT2D eigenvalue weighted by atomic mass is 35.5. The maximum absolute atomic E-state index is 12.2. The average molecular weight is 373 g/mol. The van der Waals surface area contributed by atoms with Gasteiger partial charge in [-0.3, -0.25) is 9.59 Å². The van der Waals surface area contributed by atoms with Crippen LogP contribution in [0.3, 0.4) is 0 Å². The number of aromatic nitrogens is 1. The molecule has 0 saturated heterocycles. The summed E-state index contributed by atoms with van der Waals surface area (Å²) in [6.45, 7) is 0.0204. The molecule has 1 aromatic heterocycles. The highest BCUT2D eigenvalue weighted by molar-refractivity contribution is 6.31. The van der Waals surface area contributed by atoms with E-state index < -0.39 is 23.0 Å². The van der Waals surface area contributed by atoms with Crippen LogP contribution in [0, 0.1) is 0 Å². The summed E-state index contributed by atoms with van der Waals surface area (Å²) in [5, 5.41) is 22.2. The Bertz CT molecular complexity index is 1090. The number of aromatic amines is 1. The molecule has 0 bridgehead atoms. The lowest BCUT2D eigenvalue weighted by Gasteiger charge is -2.10. The molecule has 8 heteroatoms. The fourth-order valence-electron chi connectivity index (χ4n) is 2.59. The Morgan fingerprint density at radius 1 is 1.12 bits per heavy atom.